The van der Waals surface area contributed by atoms with Crippen molar-refractivity contribution >= 4 is 21.9 Å². The minimum absolute atomic E-state index is 0.103. The van der Waals surface area contributed by atoms with Gasteiger partial charge in [0.25, 0.3) is 0 Å². The Balaban J connectivity index is 1.32. The van der Waals surface area contributed by atoms with Crippen molar-refractivity contribution in [1.82, 2.24) is 9.47 Å². The molecule has 6 nitrogen and oxygen atoms in total. The molecule has 33 heavy (non-hydrogen) atoms. The first-order valence-corrected chi connectivity index (χ1v) is 12.1. The first kappa shape index (κ1) is 22.0. The van der Waals surface area contributed by atoms with Gasteiger partial charge in [-0.1, -0.05) is 46.3 Å². The van der Waals surface area contributed by atoms with Crippen molar-refractivity contribution in [3.8, 4) is 17.4 Å². The lowest BCUT2D eigenvalue weighted by atomic mass is 9.99. The van der Waals surface area contributed by atoms with E-state index in [9.17, 15) is 15.0 Å². The molecule has 3 atom stereocenters. The molecule has 2 fully saturated rings. The standard InChI is InChI=1S/C26H27BrN2O4/c1-16-11-24(30)29(25(16)31)23-10-8-19(27)12-20(23)26(32)33-15-21-18-7-9-22(21)28(14-18)13-17-5-3-2-4-6-17/h2-6,8,10-12,18,21-22,30-31H,7,9,13-15H2,1H3. The van der Waals surface area contributed by atoms with Crippen LogP contribution in [0.15, 0.2) is 59.1 Å². The second kappa shape index (κ2) is 8.88. The highest BCUT2D eigenvalue weighted by molar-refractivity contribution is 9.10. The SMILES string of the molecule is Cc1cc(O)n(-c2ccc(Br)cc2C(=O)OCC2C3CCC2N(Cc2ccccc2)C3)c1O. The number of rotatable bonds is 6. The predicted molar refractivity (Wildman–Crippen MR) is 129 cm³/mol. The Morgan fingerprint density at radius 2 is 1.91 bits per heavy atom. The fourth-order valence-electron chi connectivity index (χ4n) is 5.45. The van der Waals surface area contributed by atoms with Crippen molar-refractivity contribution in [2.75, 3.05) is 13.2 Å². The van der Waals surface area contributed by atoms with Gasteiger partial charge in [-0.05, 0) is 49.4 Å². The highest BCUT2D eigenvalue weighted by atomic mass is 79.9. The molecule has 1 saturated heterocycles. The summed E-state index contributed by atoms with van der Waals surface area (Å²) >= 11 is 3.42. The van der Waals surface area contributed by atoms with E-state index in [2.05, 4.69) is 45.1 Å². The molecule has 0 radical (unpaired) electrons. The van der Waals surface area contributed by atoms with E-state index in [4.69, 9.17) is 4.74 Å². The van der Waals surface area contributed by atoms with E-state index in [1.807, 2.05) is 6.07 Å². The van der Waals surface area contributed by atoms with Crippen LogP contribution in [0, 0.1) is 18.8 Å². The van der Waals surface area contributed by atoms with E-state index in [0.717, 1.165) is 24.0 Å². The van der Waals surface area contributed by atoms with Crippen LogP contribution < -0.4 is 0 Å². The summed E-state index contributed by atoms with van der Waals surface area (Å²) in [6.45, 7) is 4.02. The molecule has 1 aliphatic carbocycles. The maximum atomic E-state index is 13.2. The Labute approximate surface area is 201 Å². The highest BCUT2D eigenvalue weighted by Crippen LogP contribution is 2.43. The molecule has 2 aliphatic rings. The van der Waals surface area contributed by atoms with Crippen LogP contribution >= 0.6 is 15.9 Å². The molecule has 7 heteroatoms. The fraction of sp³-hybridized carbons (Fsp3) is 0.346. The Bertz CT molecular complexity index is 1180. The molecule has 0 spiro atoms. The summed E-state index contributed by atoms with van der Waals surface area (Å²) < 4.78 is 7.81. The molecule has 1 saturated carbocycles. The number of likely N-dealkylation sites (tertiary alicyclic amines) is 1. The lowest BCUT2D eigenvalue weighted by molar-refractivity contribution is 0.0408. The van der Waals surface area contributed by atoms with Gasteiger partial charge in [0.2, 0.25) is 5.88 Å². The Morgan fingerprint density at radius 1 is 1.12 bits per heavy atom. The third-order valence-corrected chi connectivity index (χ3v) is 7.56. The smallest absolute Gasteiger partial charge is 0.340 e. The van der Waals surface area contributed by atoms with E-state index in [1.54, 1.807) is 25.1 Å². The molecule has 3 aromatic rings. The number of fused-ring (bicyclic) bond motifs is 2. The maximum absolute atomic E-state index is 13.2. The summed E-state index contributed by atoms with van der Waals surface area (Å²) in [6, 6.07) is 17.5. The number of aromatic nitrogens is 1. The van der Waals surface area contributed by atoms with Gasteiger partial charge in [-0.2, -0.15) is 0 Å². The topological polar surface area (TPSA) is 74.9 Å². The first-order valence-electron chi connectivity index (χ1n) is 11.3. The molecular weight excluding hydrogens is 484 g/mol. The average Bonchev–Trinajstić information content (AvgIpc) is 3.43. The summed E-state index contributed by atoms with van der Waals surface area (Å²) in [4.78, 5) is 15.7. The second-order valence-electron chi connectivity index (χ2n) is 9.09. The number of aryl methyl sites for hydroxylation is 1. The minimum atomic E-state index is -0.461. The van der Waals surface area contributed by atoms with Gasteiger partial charge >= 0.3 is 5.97 Å². The molecule has 0 amide bonds. The Kier molecular flexibility index (Phi) is 5.93. The number of benzene rings is 2. The van der Waals surface area contributed by atoms with Crippen molar-refractivity contribution in [3.05, 3.63) is 75.8 Å². The van der Waals surface area contributed by atoms with E-state index in [0.29, 0.717) is 35.7 Å². The third kappa shape index (κ3) is 4.15. The van der Waals surface area contributed by atoms with E-state index in [1.165, 1.54) is 22.6 Å². The number of aromatic hydroxyl groups is 2. The van der Waals surface area contributed by atoms with Gasteiger partial charge in [-0.3, -0.25) is 9.47 Å². The first-order chi connectivity index (χ1) is 15.9. The number of piperidine rings is 1. The lowest BCUT2D eigenvalue weighted by Crippen LogP contribution is -2.33. The predicted octanol–water partition coefficient (Wildman–Crippen LogP) is 5.03. The zero-order valence-electron chi connectivity index (χ0n) is 18.4. The average molecular weight is 511 g/mol. The third-order valence-electron chi connectivity index (χ3n) is 7.06. The van der Waals surface area contributed by atoms with Crippen LogP contribution in [0.4, 0.5) is 0 Å². The van der Waals surface area contributed by atoms with E-state index in [-0.39, 0.29) is 17.3 Å². The van der Waals surface area contributed by atoms with Crippen LogP contribution in [0.2, 0.25) is 0 Å². The number of nitrogens with zero attached hydrogens (tertiary/aromatic N) is 2. The number of carbonyl (C=O) groups is 1. The molecule has 1 aliphatic heterocycles. The molecule has 2 N–H and O–H groups in total. The number of hydrogen-bond donors (Lipinski definition) is 2. The molecule has 2 heterocycles. The quantitative estimate of drug-likeness (QED) is 0.455. The largest absolute Gasteiger partial charge is 0.494 e. The number of carbonyl (C=O) groups excluding carboxylic acids is 1. The number of halogens is 1. The van der Waals surface area contributed by atoms with Gasteiger partial charge in [0, 0.05) is 41.2 Å². The van der Waals surface area contributed by atoms with Gasteiger partial charge in [0.15, 0.2) is 5.88 Å². The minimum Gasteiger partial charge on any atom is -0.494 e. The molecule has 5 rings (SSSR count). The number of hydrogen-bond acceptors (Lipinski definition) is 5. The van der Waals surface area contributed by atoms with Gasteiger partial charge < -0.3 is 14.9 Å². The van der Waals surface area contributed by atoms with Crippen LogP contribution in [0.1, 0.15) is 34.3 Å². The molecule has 3 unspecified atom stereocenters. The summed E-state index contributed by atoms with van der Waals surface area (Å²) in [5.74, 6) is 0.163. The lowest BCUT2D eigenvalue weighted by Gasteiger charge is -2.27. The summed E-state index contributed by atoms with van der Waals surface area (Å²) in [5.41, 5.74) is 2.50. The zero-order chi connectivity index (χ0) is 23.1. The van der Waals surface area contributed by atoms with E-state index < -0.39 is 5.97 Å². The zero-order valence-corrected chi connectivity index (χ0v) is 20.0. The second-order valence-corrected chi connectivity index (χ2v) is 10.0. The summed E-state index contributed by atoms with van der Waals surface area (Å²) in [5, 5.41) is 20.7. The van der Waals surface area contributed by atoms with Crippen molar-refractivity contribution < 1.29 is 19.7 Å². The van der Waals surface area contributed by atoms with Crippen molar-refractivity contribution in [3.63, 3.8) is 0 Å². The summed E-state index contributed by atoms with van der Waals surface area (Å²) in [7, 11) is 0. The van der Waals surface area contributed by atoms with Gasteiger partial charge in [0.1, 0.15) is 0 Å². The number of esters is 1. The molecule has 2 bridgehead atoms. The van der Waals surface area contributed by atoms with Crippen LogP contribution in [-0.4, -0.2) is 44.8 Å². The van der Waals surface area contributed by atoms with Crippen LogP contribution in [-0.2, 0) is 11.3 Å². The molecule has 1 aromatic heterocycles. The van der Waals surface area contributed by atoms with E-state index >= 15 is 0 Å². The molecule has 172 valence electrons. The van der Waals surface area contributed by atoms with Crippen molar-refractivity contribution in [2.24, 2.45) is 11.8 Å². The maximum Gasteiger partial charge on any atom is 0.340 e. The van der Waals surface area contributed by atoms with Crippen LogP contribution in [0.3, 0.4) is 0 Å². The molecule has 2 aromatic carbocycles. The fourth-order valence-corrected chi connectivity index (χ4v) is 5.81. The van der Waals surface area contributed by atoms with Crippen molar-refractivity contribution in [2.45, 2.75) is 32.4 Å². The molecular formula is C26H27BrN2O4. The normalized spacial score (nSPS) is 22.1. The number of ether oxygens (including phenoxy) is 1. The Hall–Kier alpha value is -2.77. The Morgan fingerprint density at radius 3 is 2.64 bits per heavy atom. The van der Waals surface area contributed by atoms with Crippen LogP contribution in [0.25, 0.3) is 5.69 Å². The monoisotopic (exact) mass is 510 g/mol. The van der Waals surface area contributed by atoms with Crippen molar-refractivity contribution in [1.29, 1.82) is 0 Å². The van der Waals surface area contributed by atoms with Gasteiger partial charge in [-0.15, -0.1) is 0 Å². The van der Waals surface area contributed by atoms with Gasteiger partial charge in [0.05, 0.1) is 17.9 Å². The highest BCUT2D eigenvalue weighted by Gasteiger charge is 2.47. The summed E-state index contributed by atoms with van der Waals surface area (Å²) in [6.07, 6.45) is 2.30. The van der Waals surface area contributed by atoms with Gasteiger partial charge in [-0.25, -0.2) is 4.79 Å². The van der Waals surface area contributed by atoms with Crippen LogP contribution in [0.5, 0.6) is 11.8 Å².